The second-order valence-electron chi connectivity index (χ2n) is 4.43. The highest BCUT2D eigenvalue weighted by molar-refractivity contribution is 9.10. The van der Waals surface area contributed by atoms with Crippen LogP contribution >= 0.6 is 15.9 Å². The molecule has 0 amide bonds. The summed E-state index contributed by atoms with van der Waals surface area (Å²) in [5.74, 6) is -0.214. The first-order chi connectivity index (χ1) is 8.69. The highest BCUT2D eigenvalue weighted by Gasteiger charge is 2.20. The Kier molecular flexibility index (Phi) is 5.12. The first-order valence-electron chi connectivity index (χ1n) is 5.96. The van der Waals surface area contributed by atoms with E-state index in [1.54, 1.807) is 19.2 Å². The van der Waals surface area contributed by atoms with Gasteiger partial charge in [0.25, 0.3) is 0 Å². The summed E-state index contributed by atoms with van der Waals surface area (Å²) in [7, 11) is 1.67. The molecule has 3 nitrogen and oxygen atoms in total. The molecule has 0 bridgehead atoms. The van der Waals surface area contributed by atoms with Gasteiger partial charge in [0.1, 0.15) is 5.82 Å². The fourth-order valence-corrected chi connectivity index (χ4v) is 2.35. The van der Waals surface area contributed by atoms with Crippen LogP contribution in [0.3, 0.4) is 0 Å². The Morgan fingerprint density at radius 2 is 2.39 bits per heavy atom. The second-order valence-corrected chi connectivity index (χ2v) is 5.29. The van der Waals surface area contributed by atoms with Crippen molar-refractivity contribution in [1.29, 1.82) is 0 Å². The van der Waals surface area contributed by atoms with Crippen LogP contribution in [0.25, 0.3) is 0 Å². The Labute approximate surface area is 115 Å². The van der Waals surface area contributed by atoms with E-state index in [4.69, 9.17) is 9.47 Å². The van der Waals surface area contributed by atoms with Gasteiger partial charge in [-0.15, -0.1) is 0 Å². The van der Waals surface area contributed by atoms with Gasteiger partial charge in [-0.1, -0.05) is 6.07 Å². The quantitative estimate of drug-likeness (QED) is 0.851. The zero-order chi connectivity index (χ0) is 13.0. The maximum atomic E-state index is 13.4. The molecule has 1 heterocycles. The van der Waals surface area contributed by atoms with E-state index >= 15 is 0 Å². The number of hydrogen-bond donors (Lipinski definition) is 0. The van der Waals surface area contributed by atoms with E-state index in [0.29, 0.717) is 17.7 Å². The zero-order valence-electron chi connectivity index (χ0n) is 10.4. The number of hydrogen-bond acceptors (Lipinski definition) is 3. The predicted octanol–water partition coefficient (Wildman–Crippen LogP) is 2.44. The molecular weight excluding hydrogens is 301 g/mol. The molecule has 18 heavy (non-hydrogen) atoms. The standard InChI is InChI=1S/C13H17BrFNO2/c1-17-9-11-8-16(4-5-18-11)7-10-2-3-12(14)13(15)6-10/h2-3,6,11H,4-5,7-9H2,1H3/t11-/m1/s1. The van der Waals surface area contributed by atoms with E-state index in [1.165, 1.54) is 0 Å². The molecular formula is C13H17BrFNO2. The lowest BCUT2D eigenvalue weighted by Crippen LogP contribution is -2.43. The fourth-order valence-electron chi connectivity index (χ4n) is 2.11. The number of rotatable bonds is 4. The predicted molar refractivity (Wildman–Crippen MR) is 71.0 cm³/mol. The number of nitrogens with zero attached hydrogens (tertiary/aromatic N) is 1. The second kappa shape index (κ2) is 6.61. The van der Waals surface area contributed by atoms with Gasteiger partial charge in [-0.25, -0.2) is 4.39 Å². The van der Waals surface area contributed by atoms with Crippen molar-refractivity contribution >= 4 is 15.9 Å². The SMILES string of the molecule is COC[C@H]1CN(Cc2ccc(Br)c(F)c2)CCO1. The van der Waals surface area contributed by atoms with Gasteiger partial charge >= 0.3 is 0 Å². The Bertz CT molecular complexity index is 401. The Hall–Kier alpha value is -0.490. The minimum atomic E-state index is -0.214. The molecule has 0 radical (unpaired) electrons. The van der Waals surface area contributed by atoms with Crippen molar-refractivity contribution in [2.24, 2.45) is 0 Å². The highest BCUT2D eigenvalue weighted by atomic mass is 79.9. The van der Waals surface area contributed by atoms with Gasteiger partial charge in [0.2, 0.25) is 0 Å². The van der Waals surface area contributed by atoms with E-state index < -0.39 is 0 Å². The van der Waals surface area contributed by atoms with Gasteiger partial charge < -0.3 is 9.47 Å². The molecule has 100 valence electrons. The van der Waals surface area contributed by atoms with Gasteiger partial charge in [-0.05, 0) is 33.6 Å². The lowest BCUT2D eigenvalue weighted by atomic mass is 10.2. The van der Waals surface area contributed by atoms with Gasteiger partial charge in [-0.3, -0.25) is 4.90 Å². The van der Waals surface area contributed by atoms with E-state index in [-0.39, 0.29) is 11.9 Å². The van der Waals surface area contributed by atoms with Crippen molar-refractivity contribution in [2.45, 2.75) is 12.6 Å². The summed E-state index contributed by atoms with van der Waals surface area (Å²) < 4.78 is 24.6. The molecule has 1 aliphatic rings. The van der Waals surface area contributed by atoms with Crippen molar-refractivity contribution in [2.75, 3.05) is 33.4 Å². The van der Waals surface area contributed by atoms with Crippen LogP contribution in [0.4, 0.5) is 4.39 Å². The molecule has 1 aromatic carbocycles. The number of morpholine rings is 1. The van der Waals surface area contributed by atoms with E-state index in [2.05, 4.69) is 20.8 Å². The number of ether oxygens (including phenoxy) is 2. The molecule has 1 fully saturated rings. The number of halogens is 2. The molecule has 1 atom stereocenters. The van der Waals surface area contributed by atoms with E-state index in [1.807, 2.05) is 6.07 Å². The average Bonchev–Trinajstić information content (AvgIpc) is 2.35. The lowest BCUT2D eigenvalue weighted by molar-refractivity contribution is -0.0631. The van der Waals surface area contributed by atoms with Crippen LogP contribution in [0.5, 0.6) is 0 Å². The van der Waals surface area contributed by atoms with Crippen LogP contribution in [0.2, 0.25) is 0 Å². The Morgan fingerprint density at radius 1 is 1.56 bits per heavy atom. The van der Waals surface area contributed by atoms with E-state index in [9.17, 15) is 4.39 Å². The smallest absolute Gasteiger partial charge is 0.137 e. The van der Waals surface area contributed by atoms with Gasteiger partial charge in [0.05, 0.1) is 23.8 Å². The summed E-state index contributed by atoms with van der Waals surface area (Å²) >= 11 is 3.16. The van der Waals surface area contributed by atoms with E-state index in [0.717, 1.165) is 25.2 Å². The summed E-state index contributed by atoms with van der Waals surface area (Å²) in [6, 6.07) is 5.26. The third kappa shape index (κ3) is 3.75. The first-order valence-corrected chi connectivity index (χ1v) is 6.75. The van der Waals surface area contributed by atoms with Crippen molar-refractivity contribution in [1.82, 2.24) is 4.90 Å². The maximum Gasteiger partial charge on any atom is 0.137 e. The Morgan fingerprint density at radius 3 is 3.11 bits per heavy atom. The Balaban J connectivity index is 1.93. The first kappa shape index (κ1) is 13.9. The largest absolute Gasteiger partial charge is 0.382 e. The normalized spacial score (nSPS) is 21.2. The molecule has 0 aliphatic carbocycles. The third-order valence-electron chi connectivity index (χ3n) is 2.97. The van der Waals surface area contributed by atoms with Crippen molar-refractivity contribution < 1.29 is 13.9 Å². The summed E-state index contributed by atoms with van der Waals surface area (Å²) in [6.45, 7) is 3.75. The minimum Gasteiger partial charge on any atom is -0.382 e. The molecule has 0 saturated carbocycles. The summed E-state index contributed by atoms with van der Waals surface area (Å²) in [5, 5.41) is 0. The fraction of sp³-hybridized carbons (Fsp3) is 0.538. The average molecular weight is 318 g/mol. The molecule has 1 aliphatic heterocycles. The summed E-state index contributed by atoms with van der Waals surface area (Å²) in [4.78, 5) is 2.26. The molecule has 0 aromatic heterocycles. The van der Waals surface area contributed by atoms with Crippen molar-refractivity contribution in [3.63, 3.8) is 0 Å². The zero-order valence-corrected chi connectivity index (χ0v) is 12.0. The van der Waals surface area contributed by atoms with Gasteiger partial charge in [-0.2, -0.15) is 0 Å². The third-order valence-corrected chi connectivity index (χ3v) is 3.61. The molecule has 0 N–H and O–H groups in total. The number of methoxy groups -OCH3 is 1. The van der Waals surface area contributed by atoms with Crippen LogP contribution in [0.15, 0.2) is 22.7 Å². The van der Waals surface area contributed by atoms with Gasteiger partial charge in [0.15, 0.2) is 0 Å². The van der Waals surface area contributed by atoms with Gasteiger partial charge in [0, 0.05) is 26.7 Å². The summed E-state index contributed by atoms with van der Waals surface area (Å²) in [6.07, 6.45) is 0.115. The molecule has 5 heteroatoms. The lowest BCUT2D eigenvalue weighted by Gasteiger charge is -2.32. The van der Waals surface area contributed by atoms with Crippen LogP contribution in [-0.2, 0) is 16.0 Å². The van der Waals surface area contributed by atoms with Crippen molar-refractivity contribution in [3.05, 3.63) is 34.1 Å². The van der Waals surface area contributed by atoms with Crippen LogP contribution in [0.1, 0.15) is 5.56 Å². The topological polar surface area (TPSA) is 21.7 Å². The van der Waals surface area contributed by atoms with Crippen LogP contribution < -0.4 is 0 Å². The molecule has 0 spiro atoms. The number of benzene rings is 1. The molecule has 0 unspecified atom stereocenters. The summed E-state index contributed by atoms with van der Waals surface area (Å²) in [5.41, 5.74) is 0.980. The molecule has 2 rings (SSSR count). The minimum absolute atomic E-state index is 0.115. The molecule has 1 saturated heterocycles. The maximum absolute atomic E-state index is 13.4. The molecule has 1 aromatic rings. The van der Waals surface area contributed by atoms with Crippen LogP contribution in [-0.4, -0.2) is 44.4 Å². The van der Waals surface area contributed by atoms with Crippen molar-refractivity contribution in [3.8, 4) is 0 Å². The monoisotopic (exact) mass is 317 g/mol. The highest BCUT2D eigenvalue weighted by Crippen LogP contribution is 2.18. The van der Waals surface area contributed by atoms with Crippen LogP contribution in [0, 0.1) is 5.82 Å².